The van der Waals surface area contributed by atoms with Gasteiger partial charge in [0.25, 0.3) is 5.56 Å². The second-order valence-electron chi connectivity index (χ2n) is 4.76. The van der Waals surface area contributed by atoms with Gasteiger partial charge in [-0.1, -0.05) is 6.07 Å². The number of aliphatic hydroxyl groups is 1. The van der Waals surface area contributed by atoms with Crippen molar-refractivity contribution in [3.63, 3.8) is 0 Å². The highest BCUT2D eigenvalue weighted by molar-refractivity contribution is 5.72. The van der Waals surface area contributed by atoms with E-state index >= 15 is 0 Å². The molecule has 7 heteroatoms. The van der Waals surface area contributed by atoms with Crippen LogP contribution in [0.15, 0.2) is 47.7 Å². The number of aliphatic hydroxyl groups excluding tert-OH is 1. The molecular formula is C15H11F2N3O2. The van der Waals surface area contributed by atoms with Crippen LogP contribution in [-0.4, -0.2) is 19.6 Å². The summed E-state index contributed by atoms with van der Waals surface area (Å²) < 4.78 is 27.7. The minimum absolute atomic E-state index is 0.0837. The van der Waals surface area contributed by atoms with Gasteiger partial charge >= 0.3 is 0 Å². The van der Waals surface area contributed by atoms with Crippen molar-refractivity contribution >= 4 is 11.0 Å². The quantitative estimate of drug-likeness (QED) is 0.801. The fourth-order valence-corrected chi connectivity index (χ4v) is 2.18. The highest BCUT2D eigenvalue weighted by Gasteiger charge is 2.15. The fraction of sp³-hybridized carbons (Fsp3) is 0.133. The van der Waals surface area contributed by atoms with Gasteiger partial charge in [-0.25, -0.2) is 18.7 Å². The van der Waals surface area contributed by atoms with Gasteiger partial charge in [-0.2, -0.15) is 0 Å². The van der Waals surface area contributed by atoms with Crippen LogP contribution in [0.4, 0.5) is 8.78 Å². The van der Waals surface area contributed by atoms with Crippen molar-refractivity contribution < 1.29 is 13.9 Å². The second kappa shape index (κ2) is 5.61. The predicted octanol–water partition coefficient (Wildman–Crippen LogP) is 1.80. The molecule has 112 valence electrons. The maximum atomic E-state index is 13.6. The van der Waals surface area contributed by atoms with Crippen molar-refractivity contribution in [3.05, 3.63) is 70.4 Å². The summed E-state index contributed by atoms with van der Waals surface area (Å²) in [5.41, 5.74) is -0.176. The van der Waals surface area contributed by atoms with Crippen LogP contribution in [0.1, 0.15) is 11.7 Å². The SMILES string of the molecule is O=c1c2cccnc2ncn1C[C@@H](O)c1ccc(F)cc1F. The first kappa shape index (κ1) is 14.3. The summed E-state index contributed by atoms with van der Waals surface area (Å²) in [6, 6.07) is 6.05. The van der Waals surface area contributed by atoms with E-state index in [9.17, 15) is 18.7 Å². The van der Waals surface area contributed by atoms with Gasteiger partial charge in [0.05, 0.1) is 18.0 Å². The van der Waals surface area contributed by atoms with Gasteiger partial charge in [-0.3, -0.25) is 9.36 Å². The number of fused-ring (bicyclic) bond motifs is 1. The zero-order valence-corrected chi connectivity index (χ0v) is 11.3. The van der Waals surface area contributed by atoms with Crippen LogP contribution in [0.5, 0.6) is 0 Å². The zero-order chi connectivity index (χ0) is 15.7. The first-order valence-corrected chi connectivity index (χ1v) is 6.49. The highest BCUT2D eigenvalue weighted by atomic mass is 19.1. The van der Waals surface area contributed by atoms with Gasteiger partial charge in [-0.15, -0.1) is 0 Å². The lowest BCUT2D eigenvalue weighted by molar-refractivity contribution is 0.150. The van der Waals surface area contributed by atoms with E-state index in [4.69, 9.17) is 0 Å². The number of aromatic nitrogens is 3. The molecule has 0 bridgehead atoms. The van der Waals surface area contributed by atoms with Crippen molar-refractivity contribution in [2.24, 2.45) is 0 Å². The summed E-state index contributed by atoms with van der Waals surface area (Å²) in [6.45, 7) is -0.195. The third-order valence-electron chi connectivity index (χ3n) is 3.29. The Labute approximate surface area is 123 Å². The molecule has 1 N–H and O–H groups in total. The van der Waals surface area contributed by atoms with E-state index in [0.717, 1.165) is 16.7 Å². The lowest BCUT2D eigenvalue weighted by atomic mass is 10.1. The van der Waals surface area contributed by atoms with Gasteiger partial charge in [0.15, 0.2) is 5.65 Å². The minimum atomic E-state index is -1.30. The van der Waals surface area contributed by atoms with Crippen LogP contribution in [-0.2, 0) is 6.54 Å². The van der Waals surface area contributed by atoms with Crippen LogP contribution < -0.4 is 5.56 Å². The van der Waals surface area contributed by atoms with Crippen molar-refractivity contribution in [2.45, 2.75) is 12.6 Å². The Balaban J connectivity index is 1.96. The standard InChI is InChI=1S/C15H11F2N3O2/c16-9-3-4-10(12(17)6-9)13(21)7-20-8-19-14-11(15(20)22)2-1-5-18-14/h1-6,8,13,21H,7H2/t13-/m1/s1. The number of pyridine rings is 1. The molecule has 0 unspecified atom stereocenters. The van der Waals surface area contributed by atoms with Crippen molar-refractivity contribution in [1.29, 1.82) is 0 Å². The molecule has 0 spiro atoms. The number of nitrogens with zero attached hydrogens (tertiary/aromatic N) is 3. The van der Waals surface area contributed by atoms with Crippen molar-refractivity contribution in [1.82, 2.24) is 14.5 Å². The molecule has 0 aliphatic rings. The first-order chi connectivity index (χ1) is 10.6. The molecule has 2 aromatic heterocycles. The molecule has 0 saturated carbocycles. The second-order valence-corrected chi connectivity index (χ2v) is 4.76. The van der Waals surface area contributed by atoms with Gasteiger partial charge < -0.3 is 5.11 Å². The number of hydrogen-bond acceptors (Lipinski definition) is 4. The van der Waals surface area contributed by atoms with Gasteiger partial charge in [0.1, 0.15) is 18.0 Å². The van der Waals surface area contributed by atoms with Crippen molar-refractivity contribution in [2.75, 3.05) is 0 Å². The summed E-state index contributed by atoms with van der Waals surface area (Å²) in [5.74, 6) is -1.60. The average molecular weight is 303 g/mol. The Morgan fingerprint density at radius 2 is 2.05 bits per heavy atom. The fourth-order valence-electron chi connectivity index (χ4n) is 2.18. The Morgan fingerprint density at radius 3 is 2.82 bits per heavy atom. The maximum absolute atomic E-state index is 13.6. The first-order valence-electron chi connectivity index (χ1n) is 6.49. The van der Waals surface area contributed by atoms with Crippen LogP contribution >= 0.6 is 0 Å². The van der Waals surface area contributed by atoms with Gasteiger partial charge in [-0.05, 0) is 18.2 Å². The van der Waals surface area contributed by atoms with E-state index in [2.05, 4.69) is 9.97 Å². The molecule has 1 atom stereocenters. The van der Waals surface area contributed by atoms with Crippen LogP contribution in [0.2, 0.25) is 0 Å². The number of rotatable bonds is 3. The lowest BCUT2D eigenvalue weighted by Gasteiger charge is -2.13. The Hall–Kier alpha value is -2.67. The Kier molecular flexibility index (Phi) is 3.64. The van der Waals surface area contributed by atoms with E-state index in [1.165, 1.54) is 12.5 Å². The van der Waals surface area contributed by atoms with Gasteiger partial charge in [0.2, 0.25) is 0 Å². The highest BCUT2D eigenvalue weighted by Crippen LogP contribution is 2.19. The van der Waals surface area contributed by atoms with Crippen LogP contribution in [0.25, 0.3) is 11.0 Å². The van der Waals surface area contributed by atoms with E-state index in [0.29, 0.717) is 17.1 Å². The molecule has 3 rings (SSSR count). The molecule has 0 aliphatic heterocycles. The average Bonchev–Trinajstić information content (AvgIpc) is 2.50. The number of hydrogen-bond donors (Lipinski definition) is 1. The summed E-state index contributed by atoms with van der Waals surface area (Å²) in [7, 11) is 0. The van der Waals surface area contributed by atoms with E-state index in [1.807, 2.05) is 0 Å². The van der Waals surface area contributed by atoms with E-state index in [-0.39, 0.29) is 17.7 Å². The van der Waals surface area contributed by atoms with Crippen LogP contribution in [0.3, 0.4) is 0 Å². The molecule has 0 saturated heterocycles. The normalized spacial score (nSPS) is 12.5. The summed E-state index contributed by atoms with van der Waals surface area (Å²) in [6.07, 6.45) is 1.46. The largest absolute Gasteiger partial charge is 0.386 e. The summed E-state index contributed by atoms with van der Waals surface area (Å²) in [5, 5.41) is 10.4. The smallest absolute Gasteiger partial charge is 0.262 e. The molecule has 0 radical (unpaired) electrons. The summed E-state index contributed by atoms with van der Waals surface area (Å²) >= 11 is 0. The molecular weight excluding hydrogens is 292 g/mol. The van der Waals surface area contributed by atoms with Crippen molar-refractivity contribution in [3.8, 4) is 0 Å². The lowest BCUT2D eigenvalue weighted by Crippen LogP contribution is -2.24. The minimum Gasteiger partial charge on any atom is -0.386 e. The molecule has 0 amide bonds. The third-order valence-corrected chi connectivity index (χ3v) is 3.29. The molecule has 0 fully saturated rings. The number of benzene rings is 1. The monoisotopic (exact) mass is 303 g/mol. The maximum Gasteiger partial charge on any atom is 0.262 e. The Morgan fingerprint density at radius 1 is 1.23 bits per heavy atom. The molecule has 2 heterocycles. The topological polar surface area (TPSA) is 68.0 Å². The van der Waals surface area contributed by atoms with E-state index in [1.54, 1.807) is 12.1 Å². The zero-order valence-electron chi connectivity index (χ0n) is 11.3. The molecule has 0 aliphatic carbocycles. The predicted molar refractivity (Wildman–Crippen MR) is 75.1 cm³/mol. The third kappa shape index (κ3) is 2.58. The Bertz CT molecular complexity index is 895. The van der Waals surface area contributed by atoms with Gasteiger partial charge in [0, 0.05) is 17.8 Å². The molecule has 3 aromatic rings. The van der Waals surface area contributed by atoms with E-state index < -0.39 is 17.7 Å². The number of halogens is 2. The van der Waals surface area contributed by atoms with Crippen LogP contribution in [0, 0.1) is 11.6 Å². The summed E-state index contributed by atoms with van der Waals surface area (Å²) in [4.78, 5) is 20.2. The molecule has 5 nitrogen and oxygen atoms in total. The molecule has 1 aromatic carbocycles. The molecule has 22 heavy (non-hydrogen) atoms.